The normalized spacial score (nSPS) is 12.7. The fourth-order valence-electron chi connectivity index (χ4n) is 7.90. The van der Waals surface area contributed by atoms with Gasteiger partial charge in [-0.1, -0.05) is 236 Å². The van der Waals surface area contributed by atoms with Gasteiger partial charge in [0.2, 0.25) is 23.6 Å². The standard InChI is InChI=1S/4C9H19NO3.C9H19NO2.C8H17NO3.C8H17NO2.C8H19NO.C8H18O2.C7H15NO3.C7H17NO2.C7H16O3.2CH4/c1-4-8(5-11)10-9(12)13-6-7(2)3;1-4-8(11)5-10-9(12)13-6-7(2)3;1-4-8(11)6-13-9(12)10-5-7(2)3;1-4-8(6-11)13-9(12)10-5-7(2)3;1-4-8(11)6-10-9(12)5-7(2)3;1-6(2)3-8(12)9-7(4-10)5-11;1-4-7(10)5-9-8(11)6(2)3;1-4-8(6-10)9-5-7(2)3;1-4-8(5-9)10-6-7(2)3;1-5(2)7(11)8-6(3-9)4-10;1-6(2)3-8-4-7(10)5-9;1-6(2)4-10-5-7(9)3-8;;/h4*7-8,11H,4-6H2,1-3H3,(H,10,12);7-8,11H,4-6H2,1-3H3,(H,10,12);6-7,10-11H,3-5H2,1-2H3,(H,9,12);6-7,10H,4-5H2,1-3H3,(H,9,11);7-10H,4-6H2,1-3H3;7-9H,4-6H2,1-3H3;5-6,9-10H,3-4H2,1-2H3,(H,8,11);6-10H,3-5H2,1-2H3;6-9H,3-5H2,1-2H3;2*1H4. The predicted molar refractivity (Wildman–Crippen MR) is 560 cm³/mol. The Balaban J connectivity index is -0.000000103. The average Bonchev–Trinajstić information content (AvgIpc) is 0.964. The Morgan fingerprint density at radius 2 is 0.600 bits per heavy atom. The van der Waals surface area contributed by atoms with Crippen LogP contribution in [0, 0.1) is 71.0 Å². The lowest BCUT2D eigenvalue weighted by atomic mass is 10.1. The van der Waals surface area contributed by atoms with Crippen LogP contribution in [0.15, 0.2) is 0 Å². The monoisotopic (exact) mass is 2040 g/mol. The first-order valence-electron chi connectivity index (χ1n) is 50.0. The quantitative estimate of drug-likeness (QED) is 0.0257. The number of ether oxygens (including phenoxy) is 6. The minimum atomic E-state index is -0.723. The highest BCUT2D eigenvalue weighted by molar-refractivity contribution is 5.78. The molecule has 140 heavy (non-hydrogen) atoms. The molecule has 0 spiro atoms. The first-order chi connectivity index (χ1) is 64.4. The fourth-order valence-corrected chi connectivity index (χ4v) is 7.90. The number of rotatable bonds is 58. The highest BCUT2D eigenvalue weighted by Gasteiger charge is 2.18. The average molecular weight is 2040 g/mol. The minimum absolute atomic E-state index is 0. The summed E-state index contributed by atoms with van der Waals surface area (Å²) in [4.78, 5) is 87.9. The summed E-state index contributed by atoms with van der Waals surface area (Å²) >= 11 is 0. The molecule has 0 saturated carbocycles. The minimum Gasteiger partial charge on any atom is -0.449 e. The number of hydrogen-bond acceptors (Lipinski definition) is 32. The second kappa shape index (κ2) is 118. The molecule has 10 unspecified atom stereocenters. The van der Waals surface area contributed by atoms with E-state index in [2.05, 4.69) is 102 Å². The lowest BCUT2D eigenvalue weighted by molar-refractivity contribution is -0.125. The molecule has 26 N–H and O–H groups in total. The Labute approximate surface area is 848 Å². The van der Waals surface area contributed by atoms with Crippen molar-refractivity contribution in [3.05, 3.63) is 0 Å². The summed E-state index contributed by atoms with van der Waals surface area (Å²) in [6.45, 7) is 69.0. The predicted octanol–water partition coefficient (Wildman–Crippen LogP) is 7.92. The molecule has 8 amide bonds. The summed E-state index contributed by atoms with van der Waals surface area (Å²) in [7, 11) is 0. The van der Waals surface area contributed by atoms with Gasteiger partial charge in [-0.25, -0.2) is 19.2 Å². The van der Waals surface area contributed by atoms with Crippen LogP contribution in [0.25, 0.3) is 0 Å². The zero-order valence-electron chi connectivity index (χ0n) is 91.8. The molecule has 0 radical (unpaired) electrons. The van der Waals surface area contributed by atoms with Crippen LogP contribution in [0.1, 0.15) is 301 Å². The number of carbonyl (C=O) groups is 8. The molecule has 0 rings (SSSR count). The molecule has 0 aromatic rings. The van der Waals surface area contributed by atoms with Crippen LogP contribution in [-0.4, -0.2) is 361 Å². The van der Waals surface area contributed by atoms with Crippen molar-refractivity contribution >= 4 is 48.0 Å². The zero-order chi connectivity index (χ0) is 110. The fraction of sp³-hybridized carbons (Fsp3) is 0.920. The maximum absolute atomic E-state index is 11.1. The molecule has 0 aromatic carbocycles. The molecule has 0 fully saturated rings. The van der Waals surface area contributed by atoms with Crippen molar-refractivity contribution in [2.24, 2.45) is 71.0 Å². The molecule has 0 bridgehead atoms. The van der Waals surface area contributed by atoms with E-state index in [-0.39, 0.29) is 154 Å². The number of amides is 8. The molecule has 0 aliphatic heterocycles. The van der Waals surface area contributed by atoms with E-state index in [1.54, 1.807) is 13.8 Å². The van der Waals surface area contributed by atoms with Gasteiger partial charge in [0, 0.05) is 83.2 Å². The van der Waals surface area contributed by atoms with E-state index in [0.717, 1.165) is 32.5 Å². The van der Waals surface area contributed by atoms with Gasteiger partial charge in [-0.2, -0.15) is 0 Å². The maximum atomic E-state index is 11.1. The van der Waals surface area contributed by atoms with Gasteiger partial charge < -0.3 is 163 Å². The Morgan fingerprint density at radius 3 is 0.936 bits per heavy atom. The van der Waals surface area contributed by atoms with Crippen molar-refractivity contribution in [2.45, 2.75) is 374 Å². The van der Waals surface area contributed by atoms with Crippen LogP contribution >= 0.6 is 0 Å². The SMILES string of the molecule is C.C.CC(C)C(=O)NC(CO)CO.CC(C)CC(=O)NC(CO)CO.CC(C)CNCC(O)CO.CC(C)COCC(O)CO.CCC(CO)NC(=O)OCC(C)C.CCC(CO)NCC(C)C.CCC(CO)OC(=O)NCC(C)C.CCC(CO)OCC(C)C.CCC(O)CNC(=O)C(C)C.CCC(O)CNC(=O)CC(C)C.CCC(O)CNC(=O)OCC(C)C.CCC(O)COC(=O)NCC(C)C. The number of hydrogen-bond donors (Lipinski definition) is 26. The Hall–Kier alpha value is -5.84. The molecule has 852 valence electrons. The number of aliphatic hydroxyl groups excluding tert-OH is 16. The van der Waals surface area contributed by atoms with Crippen LogP contribution in [-0.2, 0) is 47.6 Å². The molecule has 40 heteroatoms. The van der Waals surface area contributed by atoms with E-state index < -0.39 is 73.1 Å². The van der Waals surface area contributed by atoms with Gasteiger partial charge in [-0.05, 0) is 124 Å². The molecule has 40 nitrogen and oxygen atoms in total. The van der Waals surface area contributed by atoms with E-state index in [0.29, 0.717) is 169 Å². The number of nitrogens with one attached hydrogen (secondary N) is 10. The first-order valence-corrected chi connectivity index (χ1v) is 50.0. The van der Waals surface area contributed by atoms with Crippen LogP contribution < -0.4 is 53.2 Å². The number of aliphatic hydroxyl groups is 16. The van der Waals surface area contributed by atoms with Crippen molar-refractivity contribution in [1.29, 1.82) is 0 Å². The van der Waals surface area contributed by atoms with Gasteiger partial charge in [-0.15, -0.1) is 0 Å². The summed E-state index contributed by atoms with van der Waals surface area (Å²) < 4.78 is 29.7. The van der Waals surface area contributed by atoms with Gasteiger partial charge in [-0.3, -0.25) is 19.2 Å². The van der Waals surface area contributed by atoms with Gasteiger partial charge in [0.05, 0.1) is 141 Å². The Morgan fingerprint density at radius 1 is 0.250 bits per heavy atom. The Bertz CT molecular complexity index is 2480. The highest BCUT2D eigenvalue weighted by Crippen LogP contribution is 2.06. The molecular weight excluding hydrogens is 1820 g/mol. The maximum Gasteiger partial charge on any atom is 0.407 e. The molecule has 0 aliphatic carbocycles. The van der Waals surface area contributed by atoms with E-state index in [1.807, 2.05) is 159 Å². The molecule has 0 aliphatic rings. The van der Waals surface area contributed by atoms with Crippen molar-refractivity contribution in [3.8, 4) is 0 Å². The molecule has 0 saturated heterocycles. The van der Waals surface area contributed by atoms with Gasteiger partial charge in [0.25, 0.3) is 0 Å². The van der Waals surface area contributed by atoms with Gasteiger partial charge in [0.1, 0.15) is 18.8 Å². The van der Waals surface area contributed by atoms with E-state index in [4.69, 9.17) is 110 Å². The highest BCUT2D eigenvalue weighted by atomic mass is 16.6. The summed E-state index contributed by atoms with van der Waals surface area (Å²) in [5, 5.41) is 167. The third-order valence-electron chi connectivity index (χ3n) is 17.0. The summed E-state index contributed by atoms with van der Waals surface area (Å²) in [5.74, 6) is 4.07. The smallest absolute Gasteiger partial charge is 0.407 e. The number of carbonyl (C=O) groups excluding carboxylic acids is 8. The van der Waals surface area contributed by atoms with Gasteiger partial charge >= 0.3 is 24.4 Å². The van der Waals surface area contributed by atoms with Crippen molar-refractivity contribution in [3.63, 3.8) is 0 Å². The topological polar surface area (TPSA) is 636 Å². The van der Waals surface area contributed by atoms with Crippen LogP contribution in [0.5, 0.6) is 0 Å². The van der Waals surface area contributed by atoms with Crippen LogP contribution in [0.4, 0.5) is 19.2 Å². The Kier molecular flexibility index (Phi) is 139. The summed E-state index contributed by atoms with van der Waals surface area (Å²) in [6.07, 6.45) is 1.45. The van der Waals surface area contributed by atoms with Crippen LogP contribution in [0.2, 0.25) is 0 Å². The summed E-state index contributed by atoms with van der Waals surface area (Å²) in [5.41, 5.74) is 0. The lowest BCUT2D eigenvalue weighted by Crippen LogP contribution is -2.42. The van der Waals surface area contributed by atoms with E-state index in [1.165, 1.54) is 0 Å². The second-order valence-corrected chi connectivity index (χ2v) is 37.8. The first kappa shape index (κ1) is 165. The van der Waals surface area contributed by atoms with Crippen LogP contribution in [0.3, 0.4) is 0 Å². The zero-order valence-corrected chi connectivity index (χ0v) is 91.8. The molecule has 10 atom stereocenters. The molecule has 0 aromatic heterocycles. The van der Waals surface area contributed by atoms with E-state index in [9.17, 15) is 38.4 Å². The van der Waals surface area contributed by atoms with Crippen molar-refractivity contribution in [1.82, 2.24) is 53.2 Å². The number of alkyl carbamates (subject to hydrolysis) is 4. The third kappa shape index (κ3) is 147. The largest absolute Gasteiger partial charge is 0.449 e. The summed E-state index contributed by atoms with van der Waals surface area (Å²) in [6, 6.07) is -0.941. The van der Waals surface area contributed by atoms with Gasteiger partial charge in [0.15, 0.2) is 0 Å². The van der Waals surface area contributed by atoms with E-state index >= 15 is 0 Å². The second-order valence-electron chi connectivity index (χ2n) is 37.8. The third-order valence-corrected chi connectivity index (χ3v) is 17.0. The molecular formula is C100H222N10O30. The lowest BCUT2D eigenvalue weighted by Gasteiger charge is -2.15. The van der Waals surface area contributed by atoms with Crippen molar-refractivity contribution < 1.29 is 148 Å². The van der Waals surface area contributed by atoms with Crippen molar-refractivity contribution in [2.75, 3.05) is 158 Å². The molecule has 0 heterocycles.